The van der Waals surface area contributed by atoms with E-state index in [0.717, 1.165) is 22.7 Å². The summed E-state index contributed by atoms with van der Waals surface area (Å²) >= 11 is 0. The fourth-order valence-electron chi connectivity index (χ4n) is 1.88. The van der Waals surface area contributed by atoms with E-state index >= 15 is 0 Å². The molecule has 19 heavy (non-hydrogen) atoms. The Morgan fingerprint density at radius 2 is 2.05 bits per heavy atom. The summed E-state index contributed by atoms with van der Waals surface area (Å²) < 4.78 is 1.71. The van der Waals surface area contributed by atoms with E-state index in [9.17, 15) is 0 Å². The van der Waals surface area contributed by atoms with Crippen LogP contribution < -0.4 is 5.32 Å². The molecule has 0 radical (unpaired) electrons. The molecule has 3 aromatic heterocycles. The summed E-state index contributed by atoms with van der Waals surface area (Å²) in [5.41, 5.74) is 0.747. The molecule has 96 valence electrons. The second kappa shape index (κ2) is 4.64. The average Bonchev–Trinajstić information content (AvgIpc) is 2.84. The zero-order valence-corrected chi connectivity index (χ0v) is 10.8. The number of nitrogens with zero attached hydrogens (tertiary/aromatic N) is 5. The Hall–Kier alpha value is -2.50. The highest BCUT2D eigenvalue weighted by Gasteiger charge is 2.11. The molecule has 0 fully saturated rings. The number of aromatic nitrogens is 5. The van der Waals surface area contributed by atoms with E-state index in [4.69, 9.17) is 0 Å². The number of hydrogen-bond acceptors (Lipinski definition) is 5. The maximum absolute atomic E-state index is 4.35. The molecule has 0 spiro atoms. The van der Waals surface area contributed by atoms with Crippen LogP contribution in [0.4, 0.5) is 5.82 Å². The standard InChI is InChI=1S/C13H14N6/c1-9(2)18-12-10-7-17-19(13(10)16-8-15-12)11-5-3-4-6-14-11/h3-9H,1-2H3,(H,15,16,18). The van der Waals surface area contributed by atoms with Crippen molar-refractivity contribution in [2.24, 2.45) is 0 Å². The smallest absolute Gasteiger partial charge is 0.170 e. The van der Waals surface area contributed by atoms with Gasteiger partial charge in [0.1, 0.15) is 12.1 Å². The maximum atomic E-state index is 4.35. The van der Waals surface area contributed by atoms with Crippen LogP contribution in [0.15, 0.2) is 36.9 Å². The summed E-state index contributed by atoms with van der Waals surface area (Å²) in [6.45, 7) is 4.13. The molecule has 3 aromatic rings. The molecule has 0 aliphatic rings. The number of hydrogen-bond donors (Lipinski definition) is 1. The summed E-state index contributed by atoms with van der Waals surface area (Å²) in [5, 5.41) is 8.52. The van der Waals surface area contributed by atoms with Crippen molar-refractivity contribution in [3.8, 4) is 5.82 Å². The lowest BCUT2D eigenvalue weighted by molar-refractivity contribution is 0.860. The lowest BCUT2D eigenvalue weighted by atomic mass is 10.3. The molecule has 6 heteroatoms. The summed E-state index contributed by atoms with van der Waals surface area (Å²) in [7, 11) is 0. The maximum Gasteiger partial charge on any atom is 0.170 e. The van der Waals surface area contributed by atoms with Gasteiger partial charge in [0.05, 0.1) is 11.6 Å². The van der Waals surface area contributed by atoms with Crippen molar-refractivity contribution in [3.63, 3.8) is 0 Å². The van der Waals surface area contributed by atoms with Crippen LogP contribution in [0, 0.1) is 0 Å². The third-order valence-corrected chi connectivity index (χ3v) is 2.66. The first kappa shape index (κ1) is 11.6. The zero-order chi connectivity index (χ0) is 13.2. The summed E-state index contributed by atoms with van der Waals surface area (Å²) in [5.74, 6) is 1.54. The lowest BCUT2D eigenvalue weighted by Gasteiger charge is -2.09. The molecule has 6 nitrogen and oxygen atoms in total. The third-order valence-electron chi connectivity index (χ3n) is 2.66. The van der Waals surface area contributed by atoms with Crippen molar-refractivity contribution >= 4 is 16.9 Å². The van der Waals surface area contributed by atoms with Gasteiger partial charge in [0, 0.05) is 12.2 Å². The Kier molecular flexibility index (Phi) is 2.83. The van der Waals surface area contributed by atoms with Crippen molar-refractivity contribution in [2.75, 3.05) is 5.32 Å². The van der Waals surface area contributed by atoms with E-state index in [1.54, 1.807) is 17.1 Å². The molecule has 0 saturated heterocycles. The van der Waals surface area contributed by atoms with Crippen molar-refractivity contribution < 1.29 is 0 Å². The Bertz CT molecular complexity index is 689. The van der Waals surface area contributed by atoms with E-state index in [-0.39, 0.29) is 0 Å². The van der Waals surface area contributed by atoms with Crippen molar-refractivity contribution in [2.45, 2.75) is 19.9 Å². The molecule has 3 rings (SSSR count). The van der Waals surface area contributed by atoms with Gasteiger partial charge in [0.15, 0.2) is 11.5 Å². The SMILES string of the molecule is CC(C)Nc1ncnc2c1cnn2-c1ccccn1. The first-order valence-electron chi connectivity index (χ1n) is 6.12. The first-order chi connectivity index (χ1) is 9.25. The predicted molar refractivity (Wildman–Crippen MR) is 73.2 cm³/mol. The van der Waals surface area contributed by atoms with E-state index in [1.165, 1.54) is 6.33 Å². The van der Waals surface area contributed by atoms with Crippen LogP contribution in [-0.4, -0.2) is 30.8 Å². The van der Waals surface area contributed by atoms with Crippen LogP contribution in [-0.2, 0) is 0 Å². The summed E-state index contributed by atoms with van der Waals surface area (Å²) in [6.07, 6.45) is 5.03. The van der Waals surface area contributed by atoms with Gasteiger partial charge in [-0.25, -0.2) is 15.0 Å². The fraction of sp³-hybridized carbons (Fsp3) is 0.231. The molecule has 0 amide bonds. The zero-order valence-electron chi connectivity index (χ0n) is 10.8. The molecule has 0 saturated carbocycles. The van der Waals surface area contributed by atoms with Gasteiger partial charge in [0.25, 0.3) is 0 Å². The monoisotopic (exact) mass is 254 g/mol. The second-order valence-corrected chi connectivity index (χ2v) is 4.50. The van der Waals surface area contributed by atoms with Crippen molar-refractivity contribution in [1.29, 1.82) is 0 Å². The molecule has 0 unspecified atom stereocenters. The quantitative estimate of drug-likeness (QED) is 0.774. The minimum atomic E-state index is 0.302. The van der Waals surface area contributed by atoms with Gasteiger partial charge >= 0.3 is 0 Å². The topological polar surface area (TPSA) is 68.5 Å². The molecular weight excluding hydrogens is 240 g/mol. The van der Waals surface area contributed by atoms with E-state index < -0.39 is 0 Å². The number of pyridine rings is 1. The molecule has 0 atom stereocenters. The molecule has 1 N–H and O–H groups in total. The largest absolute Gasteiger partial charge is 0.367 e. The van der Waals surface area contributed by atoms with Crippen LogP contribution in [0.5, 0.6) is 0 Å². The Labute approximate surface area is 110 Å². The average molecular weight is 254 g/mol. The van der Waals surface area contributed by atoms with Gasteiger partial charge in [0.2, 0.25) is 0 Å². The van der Waals surface area contributed by atoms with Gasteiger partial charge in [-0.1, -0.05) is 6.07 Å². The highest BCUT2D eigenvalue weighted by molar-refractivity contribution is 5.86. The highest BCUT2D eigenvalue weighted by atomic mass is 15.3. The molecule has 0 aliphatic carbocycles. The first-order valence-corrected chi connectivity index (χ1v) is 6.12. The van der Waals surface area contributed by atoms with E-state index in [2.05, 4.69) is 39.2 Å². The lowest BCUT2D eigenvalue weighted by Crippen LogP contribution is -2.11. The van der Waals surface area contributed by atoms with Crippen LogP contribution in [0.3, 0.4) is 0 Å². The number of nitrogens with one attached hydrogen (secondary N) is 1. The van der Waals surface area contributed by atoms with Crippen molar-refractivity contribution in [3.05, 3.63) is 36.9 Å². The van der Waals surface area contributed by atoms with Crippen molar-refractivity contribution in [1.82, 2.24) is 24.7 Å². The second-order valence-electron chi connectivity index (χ2n) is 4.50. The van der Waals surface area contributed by atoms with Gasteiger partial charge < -0.3 is 5.32 Å². The molecule has 0 aromatic carbocycles. The molecule has 0 aliphatic heterocycles. The highest BCUT2D eigenvalue weighted by Crippen LogP contribution is 2.21. The van der Waals surface area contributed by atoms with Crippen LogP contribution in [0.2, 0.25) is 0 Å². The Morgan fingerprint density at radius 3 is 2.79 bits per heavy atom. The third kappa shape index (κ3) is 2.12. The number of rotatable bonds is 3. The number of anilines is 1. The van der Waals surface area contributed by atoms with Gasteiger partial charge in [-0.3, -0.25) is 0 Å². The number of fused-ring (bicyclic) bond motifs is 1. The van der Waals surface area contributed by atoms with Crippen LogP contribution in [0.1, 0.15) is 13.8 Å². The van der Waals surface area contributed by atoms with E-state index in [1.807, 2.05) is 18.2 Å². The molecular formula is C13H14N6. The van der Waals surface area contributed by atoms with Crippen LogP contribution in [0.25, 0.3) is 16.9 Å². The Morgan fingerprint density at radius 1 is 1.16 bits per heavy atom. The van der Waals surface area contributed by atoms with Gasteiger partial charge in [-0.05, 0) is 26.0 Å². The molecule has 3 heterocycles. The molecule has 0 bridgehead atoms. The minimum absolute atomic E-state index is 0.302. The van der Waals surface area contributed by atoms with E-state index in [0.29, 0.717) is 6.04 Å². The van der Waals surface area contributed by atoms with Gasteiger partial charge in [-0.15, -0.1) is 0 Å². The van der Waals surface area contributed by atoms with Gasteiger partial charge in [-0.2, -0.15) is 9.78 Å². The summed E-state index contributed by atoms with van der Waals surface area (Å²) in [4.78, 5) is 12.8. The van der Waals surface area contributed by atoms with Crippen LogP contribution >= 0.6 is 0 Å². The Balaban J connectivity index is 2.14. The predicted octanol–water partition coefficient (Wildman–Crippen LogP) is 2.03. The fourth-order valence-corrected chi connectivity index (χ4v) is 1.88. The minimum Gasteiger partial charge on any atom is -0.367 e. The summed E-state index contributed by atoms with van der Waals surface area (Å²) in [6, 6.07) is 5.99. The normalized spacial score (nSPS) is 11.1.